The van der Waals surface area contributed by atoms with E-state index in [4.69, 9.17) is 0 Å². The Morgan fingerprint density at radius 1 is 1.26 bits per heavy atom. The maximum absolute atomic E-state index is 12.7. The maximum Gasteiger partial charge on any atom is 0.251 e. The van der Waals surface area contributed by atoms with Crippen molar-refractivity contribution in [3.63, 3.8) is 0 Å². The van der Waals surface area contributed by atoms with Crippen LogP contribution in [0.5, 0.6) is 0 Å². The van der Waals surface area contributed by atoms with Gasteiger partial charge in [-0.25, -0.2) is 4.98 Å². The maximum atomic E-state index is 12.7. The number of imidazole rings is 1. The van der Waals surface area contributed by atoms with Gasteiger partial charge in [-0.15, -0.1) is 0 Å². The van der Waals surface area contributed by atoms with Gasteiger partial charge in [-0.1, -0.05) is 12.1 Å². The molecular formula is C19H23N3O. The van der Waals surface area contributed by atoms with Gasteiger partial charge < -0.3 is 9.88 Å². The third kappa shape index (κ3) is 3.03. The van der Waals surface area contributed by atoms with Crippen LogP contribution < -0.4 is 5.32 Å². The Balaban J connectivity index is 1.47. The molecule has 1 aromatic carbocycles. The van der Waals surface area contributed by atoms with Crippen molar-refractivity contribution < 1.29 is 4.79 Å². The van der Waals surface area contributed by atoms with Crippen LogP contribution in [0, 0.1) is 5.92 Å². The van der Waals surface area contributed by atoms with Gasteiger partial charge in [0.1, 0.15) is 0 Å². The summed E-state index contributed by atoms with van der Waals surface area (Å²) in [7, 11) is 0. The summed E-state index contributed by atoms with van der Waals surface area (Å²) in [5.74, 6) is 0.991. The van der Waals surface area contributed by atoms with Gasteiger partial charge in [0.15, 0.2) is 0 Å². The number of fused-ring (bicyclic) bond motifs is 3. The van der Waals surface area contributed by atoms with E-state index >= 15 is 0 Å². The summed E-state index contributed by atoms with van der Waals surface area (Å²) in [5.41, 5.74) is 1.96. The highest BCUT2D eigenvalue weighted by Crippen LogP contribution is 2.44. The van der Waals surface area contributed by atoms with Crippen LogP contribution in [0.2, 0.25) is 0 Å². The Hall–Kier alpha value is -2.10. The minimum Gasteiger partial charge on any atom is -0.347 e. The second kappa shape index (κ2) is 5.84. The molecule has 1 amide bonds. The van der Waals surface area contributed by atoms with Crippen molar-refractivity contribution in [2.75, 3.05) is 0 Å². The molecule has 5 rings (SSSR count). The fourth-order valence-electron chi connectivity index (χ4n) is 4.15. The standard InChI is InChI=1S/C19H23N3O/c23-18(21-19-7-4-15(5-8-19)6-9-19)17-3-1-2-16(12-17)13-22-11-10-20-14-22/h1-3,10-12,14-15H,4-9,13H2,(H,21,23). The molecule has 2 aromatic rings. The number of benzene rings is 1. The molecule has 23 heavy (non-hydrogen) atoms. The molecule has 0 saturated heterocycles. The number of rotatable bonds is 4. The zero-order valence-electron chi connectivity index (χ0n) is 13.4. The summed E-state index contributed by atoms with van der Waals surface area (Å²) in [4.78, 5) is 16.8. The third-order valence-corrected chi connectivity index (χ3v) is 5.59. The van der Waals surface area contributed by atoms with Gasteiger partial charge in [-0.2, -0.15) is 0 Å². The molecule has 3 aliphatic rings. The van der Waals surface area contributed by atoms with Crippen molar-refractivity contribution in [1.29, 1.82) is 0 Å². The number of aromatic nitrogens is 2. The SMILES string of the molecule is O=C(NC12CCC(CC1)CC2)c1cccc(Cn2ccnc2)c1. The number of carbonyl (C=O) groups excluding carboxylic acids is 1. The van der Waals surface area contributed by atoms with Crippen LogP contribution in [-0.2, 0) is 6.54 Å². The van der Waals surface area contributed by atoms with Crippen molar-refractivity contribution in [1.82, 2.24) is 14.9 Å². The van der Waals surface area contributed by atoms with Crippen molar-refractivity contribution in [2.24, 2.45) is 5.92 Å². The number of nitrogens with zero attached hydrogens (tertiary/aromatic N) is 2. The molecule has 120 valence electrons. The Kier molecular flexibility index (Phi) is 3.68. The Morgan fingerprint density at radius 3 is 2.74 bits per heavy atom. The van der Waals surface area contributed by atoms with Crippen LogP contribution in [-0.4, -0.2) is 21.0 Å². The average molecular weight is 309 g/mol. The van der Waals surface area contributed by atoms with Crippen molar-refractivity contribution in [3.8, 4) is 0 Å². The molecule has 3 saturated carbocycles. The number of nitrogens with one attached hydrogen (secondary N) is 1. The molecule has 0 unspecified atom stereocenters. The van der Waals surface area contributed by atoms with E-state index in [2.05, 4.69) is 16.4 Å². The Morgan fingerprint density at radius 2 is 2.04 bits per heavy atom. The van der Waals surface area contributed by atoms with E-state index in [9.17, 15) is 4.79 Å². The van der Waals surface area contributed by atoms with Crippen LogP contribution >= 0.6 is 0 Å². The molecule has 1 N–H and O–H groups in total. The first-order valence-corrected chi connectivity index (χ1v) is 8.60. The van der Waals surface area contributed by atoms with Gasteiger partial charge in [0, 0.05) is 30.0 Å². The monoisotopic (exact) mass is 309 g/mol. The zero-order chi connectivity index (χ0) is 15.7. The number of hydrogen-bond donors (Lipinski definition) is 1. The lowest BCUT2D eigenvalue weighted by Crippen LogP contribution is -2.53. The van der Waals surface area contributed by atoms with Gasteiger partial charge in [0.2, 0.25) is 0 Å². The number of amides is 1. The molecule has 4 heteroatoms. The van der Waals surface area contributed by atoms with E-state index < -0.39 is 0 Å². The molecule has 0 atom stereocenters. The van der Waals surface area contributed by atoms with Crippen molar-refractivity contribution in [3.05, 3.63) is 54.1 Å². The number of hydrogen-bond acceptors (Lipinski definition) is 2. The Labute approximate surface area is 136 Å². The summed E-state index contributed by atoms with van der Waals surface area (Å²) >= 11 is 0. The van der Waals surface area contributed by atoms with Gasteiger partial charge >= 0.3 is 0 Å². The normalized spacial score (nSPS) is 26.2. The van der Waals surface area contributed by atoms with Crippen molar-refractivity contribution >= 4 is 5.91 Å². The molecule has 1 heterocycles. The second-order valence-corrected chi connectivity index (χ2v) is 7.15. The fraction of sp³-hybridized carbons (Fsp3) is 0.474. The smallest absolute Gasteiger partial charge is 0.251 e. The predicted molar refractivity (Wildman–Crippen MR) is 89.2 cm³/mol. The van der Waals surface area contributed by atoms with Crippen LogP contribution in [0.3, 0.4) is 0 Å². The minimum atomic E-state index is 0.0617. The lowest BCUT2D eigenvalue weighted by atomic mass is 9.66. The van der Waals surface area contributed by atoms with E-state index in [0.717, 1.165) is 42.9 Å². The van der Waals surface area contributed by atoms with Crippen molar-refractivity contribution in [2.45, 2.75) is 50.6 Å². The van der Waals surface area contributed by atoms with Gasteiger partial charge in [-0.05, 0) is 62.1 Å². The topological polar surface area (TPSA) is 46.9 Å². The van der Waals surface area contributed by atoms with Gasteiger partial charge in [0.05, 0.1) is 6.33 Å². The van der Waals surface area contributed by atoms with E-state index in [1.54, 1.807) is 12.5 Å². The summed E-state index contributed by atoms with van der Waals surface area (Å²) < 4.78 is 2.01. The highest BCUT2D eigenvalue weighted by Gasteiger charge is 2.41. The lowest BCUT2D eigenvalue weighted by molar-refractivity contribution is 0.0714. The lowest BCUT2D eigenvalue weighted by Gasteiger charge is -2.47. The van der Waals surface area contributed by atoms with E-state index in [-0.39, 0.29) is 11.4 Å². The molecule has 3 aliphatic carbocycles. The number of carbonyl (C=O) groups is 1. The first kappa shape index (κ1) is 14.5. The van der Waals surface area contributed by atoms with Crippen LogP contribution in [0.1, 0.15) is 54.4 Å². The Bertz CT molecular complexity index is 671. The van der Waals surface area contributed by atoms with E-state index in [1.165, 1.54) is 19.3 Å². The minimum absolute atomic E-state index is 0.0617. The molecule has 3 fully saturated rings. The highest BCUT2D eigenvalue weighted by molar-refractivity contribution is 5.94. The summed E-state index contributed by atoms with van der Waals surface area (Å²) in [6, 6.07) is 7.94. The summed E-state index contributed by atoms with van der Waals surface area (Å²) in [6.07, 6.45) is 12.8. The molecule has 2 bridgehead atoms. The molecule has 0 aliphatic heterocycles. The van der Waals surface area contributed by atoms with Crippen LogP contribution in [0.15, 0.2) is 43.0 Å². The summed E-state index contributed by atoms with van der Waals surface area (Å²) in [6.45, 7) is 0.744. The van der Waals surface area contributed by atoms with Crippen LogP contribution in [0.4, 0.5) is 0 Å². The largest absolute Gasteiger partial charge is 0.347 e. The molecule has 0 spiro atoms. The highest BCUT2D eigenvalue weighted by atomic mass is 16.1. The second-order valence-electron chi connectivity index (χ2n) is 7.15. The average Bonchev–Trinajstić information content (AvgIpc) is 3.09. The first-order chi connectivity index (χ1) is 11.2. The van der Waals surface area contributed by atoms with E-state index in [1.807, 2.05) is 29.0 Å². The van der Waals surface area contributed by atoms with E-state index in [0.29, 0.717) is 0 Å². The van der Waals surface area contributed by atoms with Crippen LogP contribution in [0.25, 0.3) is 0 Å². The molecular weight excluding hydrogens is 286 g/mol. The first-order valence-electron chi connectivity index (χ1n) is 8.60. The summed E-state index contributed by atoms with van der Waals surface area (Å²) in [5, 5.41) is 3.36. The fourth-order valence-corrected chi connectivity index (χ4v) is 4.15. The third-order valence-electron chi connectivity index (χ3n) is 5.59. The predicted octanol–water partition coefficient (Wildman–Crippen LogP) is 3.38. The molecule has 4 nitrogen and oxygen atoms in total. The van der Waals surface area contributed by atoms with Gasteiger partial charge in [0.25, 0.3) is 5.91 Å². The quantitative estimate of drug-likeness (QED) is 0.941. The molecule has 1 aromatic heterocycles. The molecule has 0 radical (unpaired) electrons. The zero-order valence-corrected chi connectivity index (χ0v) is 13.4. The van der Waals surface area contributed by atoms with Gasteiger partial charge in [-0.3, -0.25) is 4.79 Å².